The Morgan fingerprint density at radius 2 is 1.89 bits per heavy atom. The lowest BCUT2D eigenvalue weighted by Crippen LogP contribution is -2.60. The average molecular weight is 369 g/mol. The van der Waals surface area contributed by atoms with Crippen molar-refractivity contribution in [3.05, 3.63) is 23.8 Å². The molecular formula is C19H23N5O3. The second-order valence-electron chi connectivity index (χ2n) is 8.56. The first kappa shape index (κ1) is 16.6. The summed E-state index contributed by atoms with van der Waals surface area (Å²) < 4.78 is 6.63. The van der Waals surface area contributed by atoms with Gasteiger partial charge in [-0.25, -0.2) is 14.3 Å². The monoisotopic (exact) mass is 369 g/mol. The molecule has 142 valence electrons. The summed E-state index contributed by atoms with van der Waals surface area (Å²) in [5, 5.41) is 7.30. The van der Waals surface area contributed by atoms with Gasteiger partial charge in [0.1, 0.15) is 0 Å². The number of ether oxygens (including phenoxy) is 1. The molecule has 0 aromatic carbocycles. The molecule has 8 heteroatoms. The SMILES string of the molecule is Cc1ccnc2nc(C(=O)OCC(=O)NC34CC5CC(CC(C5)C3)C4)nn12. The van der Waals surface area contributed by atoms with Crippen LogP contribution >= 0.6 is 0 Å². The molecule has 0 aliphatic heterocycles. The van der Waals surface area contributed by atoms with Gasteiger partial charge in [-0.3, -0.25) is 4.79 Å². The van der Waals surface area contributed by atoms with Gasteiger partial charge in [-0.1, -0.05) is 0 Å². The van der Waals surface area contributed by atoms with E-state index in [9.17, 15) is 9.59 Å². The van der Waals surface area contributed by atoms with Crippen LogP contribution in [0, 0.1) is 24.7 Å². The summed E-state index contributed by atoms with van der Waals surface area (Å²) in [6, 6.07) is 1.77. The quantitative estimate of drug-likeness (QED) is 0.823. The summed E-state index contributed by atoms with van der Waals surface area (Å²) in [7, 11) is 0. The average Bonchev–Trinajstić information content (AvgIpc) is 3.04. The number of hydrogen-bond acceptors (Lipinski definition) is 6. The first-order valence-electron chi connectivity index (χ1n) is 9.66. The summed E-state index contributed by atoms with van der Waals surface area (Å²) in [6.45, 7) is 1.54. The molecular weight excluding hydrogens is 346 g/mol. The minimum Gasteiger partial charge on any atom is -0.450 e. The molecule has 4 aliphatic carbocycles. The van der Waals surface area contributed by atoms with E-state index in [0.717, 1.165) is 42.7 Å². The molecule has 0 atom stereocenters. The van der Waals surface area contributed by atoms with E-state index in [-0.39, 0.29) is 23.9 Å². The van der Waals surface area contributed by atoms with E-state index in [4.69, 9.17) is 4.74 Å². The van der Waals surface area contributed by atoms with Gasteiger partial charge in [-0.2, -0.15) is 4.98 Å². The van der Waals surface area contributed by atoms with Crippen LogP contribution < -0.4 is 5.32 Å². The molecule has 1 amide bonds. The Balaban J connectivity index is 1.21. The fourth-order valence-corrected chi connectivity index (χ4v) is 5.78. The third-order valence-electron chi connectivity index (χ3n) is 6.39. The molecule has 6 rings (SSSR count). The van der Waals surface area contributed by atoms with Gasteiger partial charge in [0.2, 0.25) is 0 Å². The fraction of sp³-hybridized carbons (Fsp3) is 0.632. The fourth-order valence-electron chi connectivity index (χ4n) is 5.78. The normalized spacial score (nSPS) is 31.2. The van der Waals surface area contributed by atoms with Crippen molar-refractivity contribution in [1.29, 1.82) is 0 Å². The molecule has 0 unspecified atom stereocenters. The van der Waals surface area contributed by atoms with Gasteiger partial charge in [0.05, 0.1) is 0 Å². The number of aryl methyl sites for hydroxylation is 1. The highest BCUT2D eigenvalue weighted by molar-refractivity contribution is 5.88. The van der Waals surface area contributed by atoms with Crippen molar-refractivity contribution in [3.8, 4) is 0 Å². The minimum atomic E-state index is -0.708. The smallest absolute Gasteiger partial charge is 0.378 e. The summed E-state index contributed by atoms with van der Waals surface area (Å²) in [6.07, 6.45) is 8.76. The highest BCUT2D eigenvalue weighted by Gasteiger charge is 2.51. The largest absolute Gasteiger partial charge is 0.450 e. The highest BCUT2D eigenvalue weighted by atomic mass is 16.5. The van der Waals surface area contributed by atoms with Crippen molar-refractivity contribution in [1.82, 2.24) is 24.9 Å². The topological polar surface area (TPSA) is 98.5 Å². The minimum absolute atomic E-state index is 0.0827. The van der Waals surface area contributed by atoms with Gasteiger partial charge >= 0.3 is 5.97 Å². The van der Waals surface area contributed by atoms with Crippen molar-refractivity contribution in [2.24, 2.45) is 17.8 Å². The first-order chi connectivity index (χ1) is 13.0. The molecule has 4 saturated carbocycles. The summed E-state index contributed by atoms with van der Waals surface area (Å²) in [4.78, 5) is 32.8. The van der Waals surface area contributed by atoms with Crippen molar-refractivity contribution in [3.63, 3.8) is 0 Å². The van der Waals surface area contributed by atoms with Gasteiger partial charge in [0, 0.05) is 17.4 Å². The van der Waals surface area contributed by atoms with Crippen LogP contribution in [0.3, 0.4) is 0 Å². The second kappa shape index (κ2) is 6.00. The molecule has 4 aliphatic rings. The van der Waals surface area contributed by atoms with E-state index >= 15 is 0 Å². The van der Waals surface area contributed by atoms with Crippen LogP contribution in [-0.2, 0) is 9.53 Å². The third-order valence-corrected chi connectivity index (χ3v) is 6.39. The molecule has 0 spiro atoms. The second-order valence-corrected chi connectivity index (χ2v) is 8.56. The number of carbonyl (C=O) groups excluding carboxylic acids is 2. The molecule has 2 aromatic rings. The maximum Gasteiger partial charge on any atom is 0.378 e. The van der Waals surface area contributed by atoms with E-state index < -0.39 is 5.97 Å². The predicted molar refractivity (Wildman–Crippen MR) is 94.8 cm³/mol. The maximum absolute atomic E-state index is 12.4. The summed E-state index contributed by atoms with van der Waals surface area (Å²) in [5.74, 6) is 1.55. The number of hydrogen-bond donors (Lipinski definition) is 1. The third kappa shape index (κ3) is 2.96. The summed E-state index contributed by atoms with van der Waals surface area (Å²) >= 11 is 0. The zero-order valence-corrected chi connectivity index (χ0v) is 15.4. The van der Waals surface area contributed by atoms with Crippen molar-refractivity contribution < 1.29 is 14.3 Å². The van der Waals surface area contributed by atoms with E-state index in [2.05, 4.69) is 20.4 Å². The molecule has 1 N–H and O–H groups in total. The molecule has 2 heterocycles. The number of esters is 1. The van der Waals surface area contributed by atoms with Gasteiger partial charge in [-0.05, 0) is 69.3 Å². The maximum atomic E-state index is 12.4. The molecule has 4 fully saturated rings. The Hall–Kier alpha value is -2.51. The van der Waals surface area contributed by atoms with Crippen LogP contribution in [0.4, 0.5) is 0 Å². The predicted octanol–water partition coefficient (Wildman–Crippen LogP) is 1.67. The Labute approximate surface area is 156 Å². The van der Waals surface area contributed by atoms with Crippen molar-refractivity contribution in [2.45, 2.75) is 51.0 Å². The van der Waals surface area contributed by atoms with Gasteiger partial charge in [-0.15, -0.1) is 5.10 Å². The number of aromatic nitrogens is 4. The van der Waals surface area contributed by atoms with E-state index in [0.29, 0.717) is 5.78 Å². The van der Waals surface area contributed by atoms with Gasteiger partial charge in [0.25, 0.3) is 17.5 Å². The molecule has 8 nitrogen and oxygen atoms in total. The van der Waals surface area contributed by atoms with E-state index in [1.165, 1.54) is 23.8 Å². The number of nitrogens with one attached hydrogen (secondary N) is 1. The van der Waals surface area contributed by atoms with E-state index in [1.807, 2.05) is 6.92 Å². The Bertz CT molecular complexity index is 886. The number of amides is 1. The van der Waals surface area contributed by atoms with Crippen LogP contribution in [0.1, 0.15) is 54.8 Å². The lowest BCUT2D eigenvalue weighted by Gasteiger charge is -2.56. The van der Waals surface area contributed by atoms with E-state index in [1.54, 1.807) is 12.3 Å². The standard InChI is InChI=1S/C19H23N5O3/c1-11-2-3-20-18-21-16(23-24(11)18)17(26)27-10-15(25)22-19-7-12-4-13(8-19)6-14(5-12)9-19/h2-3,12-14H,4-10H2,1H3,(H,22,25). The van der Waals surface area contributed by atoms with Crippen molar-refractivity contribution >= 4 is 17.7 Å². The number of nitrogens with zero attached hydrogens (tertiary/aromatic N) is 4. The van der Waals surface area contributed by atoms with Crippen LogP contribution in [0.2, 0.25) is 0 Å². The van der Waals surface area contributed by atoms with Crippen LogP contribution in [0.15, 0.2) is 12.3 Å². The lowest BCUT2D eigenvalue weighted by molar-refractivity contribution is -0.130. The van der Waals surface area contributed by atoms with Crippen LogP contribution in [-0.4, -0.2) is 43.6 Å². The Morgan fingerprint density at radius 1 is 1.22 bits per heavy atom. The molecule has 0 radical (unpaired) electrons. The Kier molecular flexibility index (Phi) is 3.70. The number of carbonyl (C=O) groups is 2. The zero-order valence-electron chi connectivity index (χ0n) is 15.4. The molecule has 2 aromatic heterocycles. The molecule has 0 saturated heterocycles. The first-order valence-corrected chi connectivity index (χ1v) is 9.66. The van der Waals surface area contributed by atoms with Crippen LogP contribution in [0.25, 0.3) is 5.78 Å². The number of fused-ring (bicyclic) bond motifs is 1. The lowest BCUT2D eigenvalue weighted by atomic mass is 9.53. The highest BCUT2D eigenvalue weighted by Crippen LogP contribution is 2.55. The Morgan fingerprint density at radius 3 is 2.52 bits per heavy atom. The molecule has 4 bridgehead atoms. The van der Waals surface area contributed by atoms with Gasteiger partial charge in [0.15, 0.2) is 6.61 Å². The number of rotatable bonds is 4. The van der Waals surface area contributed by atoms with Crippen molar-refractivity contribution in [2.75, 3.05) is 6.61 Å². The summed E-state index contributed by atoms with van der Waals surface area (Å²) in [5.41, 5.74) is 0.728. The van der Waals surface area contributed by atoms with Crippen LogP contribution in [0.5, 0.6) is 0 Å². The zero-order chi connectivity index (χ0) is 18.6. The molecule has 27 heavy (non-hydrogen) atoms. The van der Waals surface area contributed by atoms with Gasteiger partial charge < -0.3 is 10.1 Å².